The zero-order valence-corrected chi connectivity index (χ0v) is 10.9. The molecule has 0 atom stereocenters. The number of aliphatic hydroxyl groups is 1. The first-order chi connectivity index (χ1) is 9.15. The van der Waals surface area contributed by atoms with Crippen LogP contribution in [0.15, 0.2) is 22.6 Å². The Kier molecular flexibility index (Phi) is 2.87. The lowest BCUT2D eigenvalue weighted by Crippen LogP contribution is -2.35. The van der Waals surface area contributed by atoms with Gasteiger partial charge < -0.3 is 10.4 Å². The topological polar surface area (TPSA) is 83.7 Å². The quantitative estimate of drug-likeness (QED) is 0.841. The molecule has 1 amide bonds. The molecule has 3 rings (SSSR count). The minimum absolute atomic E-state index is 0.0321. The van der Waals surface area contributed by atoms with Gasteiger partial charge in [0.1, 0.15) is 5.56 Å². The third kappa shape index (κ3) is 2.15. The first kappa shape index (κ1) is 12.3. The van der Waals surface area contributed by atoms with Gasteiger partial charge in [0, 0.05) is 29.7 Å². The minimum atomic E-state index is -0.433. The van der Waals surface area contributed by atoms with Crippen LogP contribution in [-0.4, -0.2) is 33.6 Å². The average molecular weight is 279 g/mol. The van der Waals surface area contributed by atoms with Crippen LogP contribution in [0.2, 0.25) is 0 Å². The summed E-state index contributed by atoms with van der Waals surface area (Å²) in [5.41, 5.74) is -0.506. The molecule has 6 nitrogen and oxygen atoms in total. The zero-order chi connectivity index (χ0) is 13.5. The Hall–Kier alpha value is -1.73. The van der Waals surface area contributed by atoms with E-state index in [0.717, 1.165) is 12.8 Å². The molecule has 0 saturated heterocycles. The van der Waals surface area contributed by atoms with Crippen LogP contribution in [0.1, 0.15) is 23.2 Å². The van der Waals surface area contributed by atoms with Crippen molar-refractivity contribution in [3.8, 4) is 0 Å². The maximum absolute atomic E-state index is 12.1. The van der Waals surface area contributed by atoms with Gasteiger partial charge in [-0.25, -0.2) is 4.98 Å². The first-order valence-corrected chi connectivity index (χ1v) is 6.87. The second kappa shape index (κ2) is 4.43. The Bertz CT molecular complexity index is 687. The minimum Gasteiger partial charge on any atom is -0.396 e. The van der Waals surface area contributed by atoms with Crippen molar-refractivity contribution in [3.05, 3.63) is 33.7 Å². The highest BCUT2D eigenvalue weighted by atomic mass is 32.1. The van der Waals surface area contributed by atoms with E-state index >= 15 is 0 Å². The Morgan fingerprint density at radius 3 is 3.05 bits per heavy atom. The van der Waals surface area contributed by atoms with Gasteiger partial charge in [-0.2, -0.15) is 0 Å². The number of nitrogens with one attached hydrogen (secondary N) is 1. The van der Waals surface area contributed by atoms with E-state index in [0.29, 0.717) is 11.5 Å². The molecule has 1 aliphatic rings. The smallest absolute Gasteiger partial charge is 0.271 e. The van der Waals surface area contributed by atoms with Crippen molar-refractivity contribution in [2.45, 2.75) is 12.8 Å². The van der Waals surface area contributed by atoms with Crippen molar-refractivity contribution in [3.63, 3.8) is 0 Å². The van der Waals surface area contributed by atoms with Crippen LogP contribution >= 0.6 is 11.3 Å². The van der Waals surface area contributed by atoms with E-state index < -0.39 is 5.91 Å². The highest BCUT2D eigenvalue weighted by molar-refractivity contribution is 7.15. The Balaban J connectivity index is 1.81. The molecule has 2 aromatic heterocycles. The molecule has 2 N–H and O–H groups in total. The van der Waals surface area contributed by atoms with Crippen LogP contribution in [0.3, 0.4) is 0 Å². The van der Waals surface area contributed by atoms with E-state index in [1.807, 2.05) is 0 Å². The van der Waals surface area contributed by atoms with Crippen molar-refractivity contribution in [1.29, 1.82) is 0 Å². The highest BCUT2D eigenvalue weighted by Gasteiger charge is 2.42. The lowest BCUT2D eigenvalue weighted by Gasteiger charge is -2.12. The molecule has 1 fully saturated rings. The maximum Gasteiger partial charge on any atom is 0.271 e. The van der Waals surface area contributed by atoms with Gasteiger partial charge in [-0.15, -0.1) is 11.3 Å². The second-order valence-corrected chi connectivity index (χ2v) is 5.75. The number of thiazole rings is 1. The van der Waals surface area contributed by atoms with E-state index in [1.165, 1.54) is 21.9 Å². The number of rotatable bonds is 4. The van der Waals surface area contributed by atoms with Gasteiger partial charge in [0.2, 0.25) is 0 Å². The molecule has 1 aliphatic carbocycles. The van der Waals surface area contributed by atoms with Crippen LogP contribution in [0.25, 0.3) is 4.96 Å². The monoisotopic (exact) mass is 279 g/mol. The summed E-state index contributed by atoms with van der Waals surface area (Å²) in [5, 5.41) is 13.6. The number of hydrogen-bond acceptors (Lipinski definition) is 5. The van der Waals surface area contributed by atoms with Crippen LogP contribution in [0.5, 0.6) is 0 Å². The van der Waals surface area contributed by atoms with Crippen LogP contribution < -0.4 is 10.9 Å². The van der Waals surface area contributed by atoms with Crippen molar-refractivity contribution < 1.29 is 9.90 Å². The molecule has 2 heterocycles. The van der Waals surface area contributed by atoms with E-state index in [-0.39, 0.29) is 23.1 Å². The van der Waals surface area contributed by atoms with Gasteiger partial charge in [-0.1, -0.05) is 0 Å². The second-order valence-electron chi connectivity index (χ2n) is 4.87. The first-order valence-electron chi connectivity index (χ1n) is 5.99. The number of carbonyl (C=O) groups excluding carboxylic acids is 1. The fourth-order valence-electron chi connectivity index (χ4n) is 1.91. The number of carbonyl (C=O) groups is 1. The summed E-state index contributed by atoms with van der Waals surface area (Å²) in [4.78, 5) is 28.7. The third-order valence-corrected chi connectivity index (χ3v) is 4.27. The molecule has 2 aromatic rings. The van der Waals surface area contributed by atoms with E-state index in [4.69, 9.17) is 0 Å². The van der Waals surface area contributed by atoms with Gasteiger partial charge >= 0.3 is 0 Å². The maximum atomic E-state index is 12.1. The molecular formula is C12H13N3O3S. The molecule has 0 bridgehead atoms. The van der Waals surface area contributed by atoms with Crippen LogP contribution in [-0.2, 0) is 0 Å². The molecule has 0 unspecified atom stereocenters. The molecular weight excluding hydrogens is 266 g/mol. The van der Waals surface area contributed by atoms with Gasteiger partial charge in [0.15, 0.2) is 4.96 Å². The fraction of sp³-hybridized carbons (Fsp3) is 0.417. The summed E-state index contributed by atoms with van der Waals surface area (Å²) in [7, 11) is 0. The summed E-state index contributed by atoms with van der Waals surface area (Å²) in [6.45, 7) is 0.461. The Morgan fingerprint density at radius 1 is 1.58 bits per heavy atom. The van der Waals surface area contributed by atoms with Crippen molar-refractivity contribution in [2.75, 3.05) is 13.2 Å². The number of amides is 1. The van der Waals surface area contributed by atoms with Crippen molar-refractivity contribution in [1.82, 2.24) is 14.7 Å². The van der Waals surface area contributed by atoms with E-state index in [1.54, 1.807) is 11.6 Å². The van der Waals surface area contributed by atoms with Crippen LogP contribution in [0.4, 0.5) is 0 Å². The van der Waals surface area contributed by atoms with Crippen LogP contribution in [0, 0.1) is 5.41 Å². The summed E-state index contributed by atoms with van der Waals surface area (Å²) in [6, 6.07) is 0. The standard InChI is InChI=1S/C12H13N3O3S/c16-7-12(1-2-12)6-14-9(17)8-5-13-11-15(10(8)18)3-4-19-11/h3-5,16H,1-2,6-7H2,(H,14,17). The summed E-state index contributed by atoms with van der Waals surface area (Å²) in [6.07, 6.45) is 4.72. The number of aromatic nitrogens is 2. The lowest BCUT2D eigenvalue weighted by atomic mass is 10.1. The predicted octanol–water partition coefficient (Wildman–Crippen LogP) is 0.258. The molecule has 100 valence electrons. The van der Waals surface area contributed by atoms with Crippen molar-refractivity contribution >= 4 is 22.2 Å². The predicted molar refractivity (Wildman–Crippen MR) is 70.4 cm³/mol. The molecule has 0 aromatic carbocycles. The number of aliphatic hydroxyl groups excluding tert-OH is 1. The average Bonchev–Trinajstić information content (AvgIpc) is 3.04. The Morgan fingerprint density at radius 2 is 2.37 bits per heavy atom. The largest absolute Gasteiger partial charge is 0.396 e. The SMILES string of the molecule is O=C(NCC1(CO)CC1)c1cnc2sccn2c1=O. The third-order valence-electron chi connectivity index (χ3n) is 3.50. The molecule has 0 aliphatic heterocycles. The van der Waals surface area contributed by atoms with E-state index in [2.05, 4.69) is 10.3 Å². The normalized spacial score (nSPS) is 16.5. The summed E-state index contributed by atoms with van der Waals surface area (Å²) in [5.74, 6) is -0.433. The Labute approximate surface area is 112 Å². The van der Waals surface area contributed by atoms with Gasteiger partial charge in [0.25, 0.3) is 11.5 Å². The summed E-state index contributed by atoms with van der Waals surface area (Å²) < 4.78 is 1.36. The highest BCUT2D eigenvalue weighted by Crippen LogP contribution is 2.44. The molecule has 0 spiro atoms. The van der Waals surface area contributed by atoms with Gasteiger partial charge in [0.05, 0.1) is 6.61 Å². The van der Waals surface area contributed by atoms with Gasteiger partial charge in [-0.3, -0.25) is 14.0 Å². The molecule has 7 heteroatoms. The number of hydrogen-bond donors (Lipinski definition) is 2. The van der Waals surface area contributed by atoms with E-state index in [9.17, 15) is 14.7 Å². The lowest BCUT2D eigenvalue weighted by molar-refractivity contribution is 0.0933. The fourth-order valence-corrected chi connectivity index (χ4v) is 2.59. The molecule has 1 saturated carbocycles. The molecule has 19 heavy (non-hydrogen) atoms. The zero-order valence-electron chi connectivity index (χ0n) is 10.1. The number of fused-ring (bicyclic) bond motifs is 1. The van der Waals surface area contributed by atoms with Gasteiger partial charge in [-0.05, 0) is 12.8 Å². The molecule has 0 radical (unpaired) electrons. The van der Waals surface area contributed by atoms with Crippen molar-refractivity contribution in [2.24, 2.45) is 5.41 Å². The number of nitrogens with zero attached hydrogens (tertiary/aromatic N) is 2. The summed E-state index contributed by atoms with van der Waals surface area (Å²) >= 11 is 1.34.